The molecule has 0 unspecified atom stereocenters. The van der Waals surface area contributed by atoms with Crippen LogP contribution in [0.5, 0.6) is 5.75 Å². The Morgan fingerprint density at radius 3 is 1.95 bits per heavy atom. The number of hydrogen-bond donors (Lipinski definition) is 8. The van der Waals surface area contributed by atoms with Crippen molar-refractivity contribution in [1.82, 2.24) is 26.2 Å². The predicted octanol–water partition coefficient (Wildman–Crippen LogP) is 1.80. The number of nitrogens with one attached hydrogen (secondary N) is 4. The van der Waals surface area contributed by atoms with Crippen LogP contribution in [-0.2, 0) is 53.0 Å². The fourth-order valence-corrected chi connectivity index (χ4v) is 7.11. The number of phenolic OH excluding ortho intramolecular Hbond substituents is 1. The molecule has 0 bridgehead atoms. The average Bonchev–Trinajstić information content (AvgIpc) is 3.77. The molecule has 16 heteroatoms. The summed E-state index contributed by atoms with van der Waals surface area (Å²) in [6.07, 6.45) is -1.73. The predicted molar refractivity (Wildman–Crippen MR) is 229 cm³/mol. The van der Waals surface area contributed by atoms with E-state index in [2.05, 4.69) is 21.3 Å². The third kappa shape index (κ3) is 13.2. The van der Waals surface area contributed by atoms with E-state index in [1.807, 2.05) is 84.9 Å². The molecule has 9 N–H and O–H groups in total. The summed E-state index contributed by atoms with van der Waals surface area (Å²) >= 11 is 0. The molecule has 7 atom stereocenters. The van der Waals surface area contributed by atoms with E-state index in [1.165, 1.54) is 24.0 Å². The summed E-state index contributed by atoms with van der Waals surface area (Å²) in [4.78, 5) is 81.2. The number of aromatic hydroxyl groups is 1. The normalized spacial score (nSPS) is 16.5. The molecule has 1 aliphatic rings. The molecule has 4 aromatic rings. The smallest absolute Gasteiger partial charge is 0.322 e. The van der Waals surface area contributed by atoms with Gasteiger partial charge in [-0.3, -0.25) is 28.8 Å². The molecule has 0 aliphatic carbocycles. The number of likely N-dealkylation sites (tertiary alicyclic amines) is 1. The average molecular weight is 851 g/mol. The first-order valence-corrected chi connectivity index (χ1v) is 20.4. The topological polar surface area (TPSA) is 250 Å². The van der Waals surface area contributed by atoms with Gasteiger partial charge in [0, 0.05) is 13.0 Å². The van der Waals surface area contributed by atoms with Crippen molar-refractivity contribution in [3.8, 4) is 16.9 Å². The number of carboxylic acids is 1. The molecule has 4 aromatic carbocycles. The SMILES string of the molecule is C[C@@H](O)[C@H](NC(=O)[C@H](Cc1ccc(O)cc1)NC(=O)[C@@H](N)Cc1ccc(-c2ccccc2)cc1)C(=O)N1CCC[C@H]1C(=O)N[C@H](C(=O)NCC(=O)O)[C@@H](C)OCc1ccccc1. The van der Waals surface area contributed by atoms with Crippen LogP contribution >= 0.6 is 0 Å². The monoisotopic (exact) mass is 850 g/mol. The van der Waals surface area contributed by atoms with Gasteiger partial charge >= 0.3 is 5.97 Å². The molecule has 16 nitrogen and oxygen atoms in total. The number of hydrogen-bond acceptors (Lipinski definition) is 10. The molecular weight excluding hydrogens is 797 g/mol. The Bertz CT molecular complexity index is 2140. The highest BCUT2D eigenvalue weighted by atomic mass is 16.5. The Hall–Kier alpha value is -6.62. The van der Waals surface area contributed by atoms with Crippen molar-refractivity contribution < 1.29 is 48.8 Å². The van der Waals surface area contributed by atoms with Gasteiger partial charge in [0.25, 0.3) is 0 Å². The van der Waals surface area contributed by atoms with Crippen molar-refractivity contribution in [2.75, 3.05) is 13.1 Å². The standard InChI is InChI=1S/C46H54N6O10/c1-28(53)40(46(61)52-23-9-14-38(52)44(59)51-41(45(60)48-26-39(55)56)29(2)62-27-32-10-5-3-6-11-32)50-43(58)37(25-31-17-21-35(54)22-18-31)49-42(57)36(47)24-30-15-19-34(20-16-30)33-12-7-4-8-13-33/h3-8,10-13,15-22,28-29,36-38,40-41,53-54H,9,14,23-27,47H2,1-2H3,(H,48,60)(H,49,57)(H,50,58)(H,51,59)(H,55,56)/t28-,29-,36+,37+,38+,40+,41+/m1/s1. The number of carboxylic acid groups (broad SMARTS) is 1. The van der Waals surface area contributed by atoms with E-state index in [0.717, 1.165) is 22.3 Å². The van der Waals surface area contributed by atoms with Crippen molar-refractivity contribution in [3.05, 3.63) is 126 Å². The van der Waals surface area contributed by atoms with E-state index in [-0.39, 0.29) is 38.2 Å². The first-order valence-electron chi connectivity index (χ1n) is 20.4. The van der Waals surface area contributed by atoms with E-state index in [9.17, 15) is 39.0 Å². The van der Waals surface area contributed by atoms with Gasteiger partial charge in [-0.25, -0.2) is 0 Å². The van der Waals surface area contributed by atoms with Crippen LogP contribution < -0.4 is 27.0 Å². The second-order valence-electron chi connectivity index (χ2n) is 15.3. The first kappa shape index (κ1) is 46.4. The Kier molecular flexibility index (Phi) is 16.7. The second kappa shape index (κ2) is 22.3. The first-order chi connectivity index (χ1) is 29.7. The molecule has 62 heavy (non-hydrogen) atoms. The van der Waals surface area contributed by atoms with Gasteiger partial charge in [0.15, 0.2) is 0 Å². The highest BCUT2D eigenvalue weighted by Crippen LogP contribution is 2.22. The van der Waals surface area contributed by atoms with Crippen molar-refractivity contribution in [2.24, 2.45) is 5.73 Å². The van der Waals surface area contributed by atoms with Gasteiger partial charge in [-0.05, 0) is 73.1 Å². The van der Waals surface area contributed by atoms with Crippen LogP contribution in [0.1, 0.15) is 43.4 Å². The van der Waals surface area contributed by atoms with Crippen LogP contribution in [0.3, 0.4) is 0 Å². The summed E-state index contributed by atoms with van der Waals surface area (Å²) in [5.41, 5.74) is 10.5. The largest absolute Gasteiger partial charge is 0.508 e. The second-order valence-corrected chi connectivity index (χ2v) is 15.3. The van der Waals surface area contributed by atoms with Crippen LogP contribution in [0.4, 0.5) is 0 Å². The van der Waals surface area contributed by atoms with Gasteiger partial charge in [-0.15, -0.1) is 0 Å². The number of aliphatic carboxylic acids is 1. The van der Waals surface area contributed by atoms with E-state index >= 15 is 0 Å². The van der Waals surface area contributed by atoms with E-state index in [4.69, 9.17) is 15.6 Å². The molecule has 1 heterocycles. The molecule has 0 radical (unpaired) electrons. The maximum atomic E-state index is 14.2. The number of carbonyl (C=O) groups excluding carboxylic acids is 5. The van der Waals surface area contributed by atoms with Crippen molar-refractivity contribution in [2.45, 2.75) is 88.6 Å². The summed E-state index contributed by atoms with van der Waals surface area (Å²) in [6, 6.07) is 26.1. The molecule has 5 amide bonds. The van der Waals surface area contributed by atoms with E-state index in [1.54, 1.807) is 19.1 Å². The molecule has 1 aliphatic heterocycles. The fourth-order valence-electron chi connectivity index (χ4n) is 7.11. The molecule has 328 valence electrons. The summed E-state index contributed by atoms with van der Waals surface area (Å²) in [7, 11) is 0. The molecule has 0 saturated carbocycles. The molecule has 1 saturated heterocycles. The summed E-state index contributed by atoms with van der Waals surface area (Å²) < 4.78 is 5.90. The number of phenols is 1. The summed E-state index contributed by atoms with van der Waals surface area (Å²) in [5.74, 6) is -5.08. The Balaban J connectivity index is 1.28. The number of benzene rings is 4. The van der Waals surface area contributed by atoms with Gasteiger partial charge in [0.1, 0.15) is 36.5 Å². The number of carbonyl (C=O) groups is 6. The molecule has 1 fully saturated rings. The lowest BCUT2D eigenvalue weighted by atomic mass is 10.00. The maximum absolute atomic E-state index is 14.2. The van der Waals surface area contributed by atoms with Crippen LogP contribution in [0.25, 0.3) is 11.1 Å². The lowest BCUT2D eigenvalue weighted by Gasteiger charge is -2.32. The maximum Gasteiger partial charge on any atom is 0.322 e. The van der Waals surface area contributed by atoms with Gasteiger partial charge in [-0.1, -0.05) is 97.1 Å². The zero-order valence-electron chi connectivity index (χ0n) is 34.6. The third-order valence-electron chi connectivity index (χ3n) is 10.6. The number of aliphatic hydroxyl groups excluding tert-OH is 1. The zero-order valence-corrected chi connectivity index (χ0v) is 34.6. The van der Waals surface area contributed by atoms with Crippen LogP contribution in [0.15, 0.2) is 109 Å². The zero-order chi connectivity index (χ0) is 44.8. The minimum atomic E-state index is -1.56. The van der Waals surface area contributed by atoms with Gasteiger partial charge in [0.05, 0.1) is 24.9 Å². The fraction of sp³-hybridized carbons (Fsp3) is 0.348. The number of amides is 5. The van der Waals surface area contributed by atoms with Crippen molar-refractivity contribution in [1.29, 1.82) is 0 Å². The van der Waals surface area contributed by atoms with Crippen molar-refractivity contribution in [3.63, 3.8) is 0 Å². The molecule has 0 aromatic heterocycles. The van der Waals surface area contributed by atoms with Gasteiger partial charge in [0.2, 0.25) is 29.5 Å². The van der Waals surface area contributed by atoms with Crippen molar-refractivity contribution >= 4 is 35.5 Å². The van der Waals surface area contributed by atoms with Crippen LogP contribution in [-0.4, -0.2) is 111 Å². The lowest BCUT2D eigenvalue weighted by Crippen LogP contribution is -2.62. The summed E-state index contributed by atoms with van der Waals surface area (Å²) in [6.45, 7) is 2.32. The Morgan fingerprint density at radius 2 is 1.32 bits per heavy atom. The number of nitrogens with zero attached hydrogens (tertiary/aromatic N) is 1. The Labute approximate surface area is 359 Å². The number of aliphatic hydroxyl groups is 1. The minimum absolute atomic E-state index is 0.00978. The van der Waals surface area contributed by atoms with E-state index in [0.29, 0.717) is 12.0 Å². The van der Waals surface area contributed by atoms with Gasteiger partial charge in [-0.2, -0.15) is 0 Å². The molecule has 5 rings (SSSR count). The minimum Gasteiger partial charge on any atom is -0.508 e. The van der Waals surface area contributed by atoms with Gasteiger partial charge < -0.3 is 52.0 Å². The highest BCUT2D eigenvalue weighted by molar-refractivity contribution is 5.97. The van der Waals surface area contributed by atoms with Crippen LogP contribution in [0, 0.1) is 0 Å². The van der Waals surface area contributed by atoms with Crippen LogP contribution in [0.2, 0.25) is 0 Å². The third-order valence-corrected chi connectivity index (χ3v) is 10.6. The lowest BCUT2D eigenvalue weighted by molar-refractivity contribution is -0.145. The van der Waals surface area contributed by atoms with E-state index < -0.39 is 84.5 Å². The Morgan fingerprint density at radius 1 is 0.726 bits per heavy atom. The number of nitrogens with two attached hydrogens (primary N) is 1. The quantitative estimate of drug-likeness (QED) is 0.0637. The molecular formula is C46H54N6O10. The summed E-state index contributed by atoms with van der Waals surface area (Å²) in [5, 5.41) is 40.1. The number of rotatable bonds is 20. The highest BCUT2D eigenvalue weighted by Gasteiger charge is 2.41. The molecule has 0 spiro atoms. The number of ether oxygens (including phenoxy) is 1.